The maximum atomic E-state index is 14.8. The molecule has 2 aromatic carbocycles. The second kappa shape index (κ2) is 6.76. The number of nitrogens with two attached hydrogens (primary N) is 1. The average Bonchev–Trinajstić information content (AvgIpc) is 3.09. The smallest absolute Gasteiger partial charge is 0.159 e. The van der Waals surface area contributed by atoms with Gasteiger partial charge in [-0.05, 0) is 23.8 Å². The second-order valence-corrected chi connectivity index (χ2v) is 6.35. The van der Waals surface area contributed by atoms with Gasteiger partial charge in [0.25, 0.3) is 0 Å². The third kappa shape index (κ3) is 2.94. The van der Waals surface area contributed by atoms with Crippen LogP contribution < -0.4 is 11.1 Å². The van der Waals surface area contributed by atoms with Gasteiger partial charge < -0.3 is 16.0 Å². The van der Waals surface area contributed by atoms with E-state index in [1.54, 1.807) is 0 Å². The number of aromatic amines is 1. The van der Waals surface area contributed by atoms with Gasteiger partial charge in [-0.25, -0.2) is 22.0 Å². The van der Waals surface area contributed by atoms with E-state index < -0.39 is 35.3 Å². The van der Waals surface area contributed by atoms with Gasteiger partial charge in [0.1, 0.15) is 29.7 Å². The molecule has 146 valence electrons. The highest BCUT2D eigenvalue weighted by molar-refractivity contribution is 6.01. The van der Waals surface area contributed by atoms with E-state index in [4.69, 9.17) is 5.73 Å². The summed E-state index contributed by atoms with van der Waals surface area (Å²) in [5.74, 6) is -5.04. The number of benzene rings is 2. The summed E-state index contributed by atoms with van der Waals surface area (Å²) >= 11 is 0. The molecule has 4 N–H and O–H groups in total. The van der Waals surface area contributed by atoms with Crippen molar-refractivity contribution in [3.63, 3.8) is 0 Å². The maximum Gasteiger partial charge on any atom is 0.159 e. The minimum Gasteiger partial charge on any atom is -0.363 e. The van der Waals surface area contributed by atoms with Crippen LogP contribution in [0.4, 0.5) is 22.0 Å². The fourth-order valence-electron chi connectivity index (χ4n) is 3.31. The van der Waals surface area contributed by atoms with Crippen molar-refractivity contribution >= 4 is 22.2 Å². The van der Waals surface area contributed by atoms with Crippen LogP contribution in [-0.2, 0) is 0 Å². The number of nitrogens with zero attached hydrogens (tertiary/aromatic N) is 1. The van der Waals surface area contributed by atoms with Gasteiger partial charge in [-0.2, -0.15) is 5.26 Å². The first-order chi connectivity index (χ1) is 13.8. The van der Waals surface area contributed by atoms with Gasteiger partial charge >= 0.3 is 0 Å². The molecule has 0 spiro atoms. The highest BCUT2D eigenvalue weighted by Gasteiger charge is 2.31. The molecule has 1 unspecified atom stereocenters. The summed E-state index contributed by atoms with van der Waals surface area (Å²) in [7, 11) is 0. The number of nitrogens with one attached hydrogen (secondary N) is 2. The number of hydrogen-bond donors (Lipinski definition) is 3. The van der Waals surface area contributed by atoms with Gasteiger partial charge in [-0.15, -0.1) is 0 Å². The number of H-pyrrole nitrogens is 1. The Kier molecular flexibility index (Phi) is 4.36. The number of dihydropyridines is 1. The molecule has 1 atom stereocenters. The highest BCUT2D eigenvalue weighted by Crippen LogP contribution is 2.38. The van der Waals surface area contributed by atoms with Crippen molar-refractivity contribution in [2.45, 2.75) is 6.17 Å². The minimum absolute atomic E-state index is 0.00242. The van der Waals surface area contributed by atoms with E-state index in [2.05, 4.69) is 10.3 Å². The molecule has 0 bridgehead atoms. The van der Waals surface area contributed by atoms with Crippen LogP contribution in [0.5, 0.6) is 0 Å². The molecule has 0 saturated heterocycles. The van der Waals surface area contributed by atoms with Gasteiger partial charge in [0.2, 0.25) is 0 Å². The molecule has 9 heteroatoms. The van der Waals surface area contributed by atoms with Crippen molar-refractivity contribution < 1.29 is 22.0 Å². The zero-order valence-corrected chi connectivity index (χ0v) is 14.5. The van der Waals surface area contributed by atoms with E-state index in [9.17, 15) is 27.2 Å². The third-order valence-electron chi connectivity index (χ3n) is 4.61. The predicted molar refractivity (Wildman–Crippen MR) is 96.2 cm³/mol. The van der Waals surface area contributed by atoms with Crippen molar-refractivity contribution in [3.05, 3.63) is 82.3 Å². The first-order valence-corrected chi connectivity index (χ1v) is 8.30. The van der Waals surface area contributed by atoms with Crippen molar-refractivity contribution in [1.29, 1.82) is 5.26 Å². The van der Waals surface area contributed by atoms with Crippen LogP contribution in [0.1, 0.15) is 11.1 Å². The Bertz CT molecular complexity index is 1270. The maximum absolute atomic E-state index is 14.8. The Balaban J connectivity index is 2.00. The standard InChI is InChI=1S/C20H11F5N4/c21-9-4-10-12(7-28-19(10)15(24)5-9)18-11(6-26)16(17(25)20(27)29-18)8-1-2-13(22)14(23)3-8/h1-5,7,20,28-29H,27H2. The summed E-state index contributed by atoms with van der Waals surface area (Å²) in [6.45, 7) is 0. The fourth-order valence-corrected chi connectivity index (χ4v) is 3.31. The van der Waals surface area contributed by atoms with Crippen LogP contribution in [-0.4, -0.2) is 11.1 Å². The van der Waals surface area contributed by atoms with E-state index in [0.29, 0.717) is 6.07 Å². The average molecular weight is 402 g/mol. The Labute approximate surface area is 160 Å². The van der Waals surface area contributed by atoms with Gasteiger partial charge in [0, 0.05) is 28.8 Å². The quantitative estimate of drug-likeness (QED) is 0.562. The van der Waals surface area contributed by atoms with E-state index in [1.165, 1.54) is 6.20 Å². The topological polar surface area (TPSA) is 77.6 Å². The molecule has 4 nitrogen and oxygen atoms in total. The van der Waals surface area contributed by atoms with Crippen molar-refractivity contribution in [2.24, 2.45) is 5.73 Å². The lowest BCUT2D eigenvalue weighted by atomic mass is 9.90. The number of nitriles is 1. The number of rotatable bonds is 2. The zero-order valence-electron chi connectivity index (χ0n) is 14.5. The molecule has 0 saturated carbocycles. The number of hydrogen-bond acceptors (Lipinski definition) is 3. The molecule has 0 fully saturated rings. The number of halogens is 5. The molecular formula is C20H11F5N4. The molecule has 3 aromatic rings. The molecular weight excluding hydrogens is 391 g/mol. The molecule has 0 amide bonds. The summed E-state index contributed by atoms with van der Waals surface area (Å²) in [5, 5.41) is 12.4. The number of fused-ring (bicyclic) bond motifs is 1. The van der Waals surface area contributed by atoms with Crippen LogP contribution in [0.15, 0.2) is 47.9 Å². The lowest BCUT2D eigenvalue weighted by molar-refractivity contribution is 0.506. The van der Waals surface area contributed by atoms with Gasteiger partial charge in [0.05, 0.1) is 16.8 Å². The van der Waals surface area contributed by atoms with E-state index >= 15 is 0 Å². The first kappa shape index (κ1) is 18.7. The van der Waals surface area contributed by atoms with Crippen LogP contribution in [0.25, 0.3) is 22.2 Å². The van der Waals surface area contributed by atoms with E-state index in [0.717, 1.165) is 24.3 Å². The molecule has 1 aromatic heterocycles. The predicted octanol–water partition coefficient (Wildman–Crippen LogP) is 4.23. The van der Waals surface area contributed by atoms with Crippen LogP contribution >= 0.6 is 0 Å². The number of aromatic nitrogens is 1. The molecule has 1 aliphatic heterocycles. The molecule has 0 radical (unpaired) electrons. The summed E-state index contributed by atoms with van der Waals surface area (Å²) in [6, 6.07) is 6.20. The second-order valence-electron chi connectivity index (χ2n) is 6.35. The SMILES string of the molecule is N#CC1=C(c2c[nH]c3c(F)cc(F)cc23)NC(N)C(F)=C1c1ccc(F)c(F)c1. The van der Waals surface area contributed by atoms with Gasteiger partial charge in [-0.1, -0.05) is 6.07 Å². The summed E-state index contributed by atoms with van der Waals surface area (Å²) in [6.07, 6.45) is -0.111. The lowest BCUT2D eigenvalue weighted by Crippen LogP contribution is -2.40. The first-order valence-electron chi connectivity index (χ1n) is 8.30. The fraction of sp³-hybridized carbons (Fsp3) is 0.0500. The molecule has 29 heavy (non-hydrogen) atoms. The van der Waals surface area contributed by atoms with Gasteiger partial charge in [0.15, 0.2) is 11.6 Å². The minimum atomic E-state index is -1.42. The number of allylic oxidation sites excluding steroid dienone is 2. The molecule has 4 rings (SSSR count). The Morgan fingerprint density at radius 3 is 2.41 bits per heavy atom. The van der Waals surface area contributed by atoms with E-state index in [1.807, 2.05) is 6.07 Å². The van der Waals surface area contributed by atoms with Crippen LogP contribution in [0.2, 0.25) is 0 Å². The normalized spacial score (nSPS) is 16.9. The Morgan fingerprint density at radius 2 is 1.72 bits per heavy atom. The van der Waals surface area contributed by atoms with Crippen LogP contribution in [0.3, 0.4) is 0 Å². The third-order valence-corrected chi connectivity index (χ3v) is 4.61. The van der Waals surface area contributed by atoms with Crippen molar-refractivity contribution in [3.8, 4) is 6.07 Å². The molecule has 1 aliphatic rings. The lowest BCUT2D eigenvalue weighted by Gasteiger charge is -2.26. The van der Waals surface area contributed by atoms with Crippen molar-refractivity contribution in [2.75, 3.05) is 0 Å². The molecule has 2 heterocycles. The van der Waals surface area contributed by atoms with E-state index in [-0.39, 0.29) is 38.9 Å². The van der Waals surface area contributed by atoms with Crippen LogP contribution in [0, 0.1) is 34.6 Å². The van der Waals surface area contributed by atoms with Crippen molar-refractivity contribution in [1.82, 2.24) is 10.3 Å². The Morgan fingerprint density at radius 1 is 0.966 bits per heavy atom. The highest BCUT2D eigenvalue weighted by atomic mass is 19.2. The Hall–Kier alpha value is -3.64. The summed E-state index contributed by atoms with van der Waals surface area (Å²) in [4.78, 5) is 2.64. The monoisotopic (exact) mass is 402 g/mol. The molecule has 0 aliphatic carbocycles. The summed E-state index contributed by atoms with van der Waals surface area (Å²) < 4.78 is 69.6. The zero-order chi connectivity index (χ0) is 20.9. The summed E-state index contributed by atoms with van der Waals surface area (Å²) in [5.41, 5.74) is 5.20. The van der Waals surface area contributed by atoms with Gasteiger partial charge in [-0.3, -0.25) is 0 Å². The largest absolute Gasteiger partial charge is 0.363 e.